The summed E-state index contributed by atoms with van der Waals surface area (Å²) in [5.74, 6) is 0.703. The molecule has 0 spiro atoms. The zero-order valence-corrected chi connectivity index (χ0v) is 19.8. The molecule has 1 heterocycles. The Bertz CT molecular complexity index is 1350. The van der Waals surface area contributed by atoms with Gasteiger partial charge in [-0.3, -0.25) is 4.79 Å². The zero-order chi connectivity index (χ0) is 23.4. The van der Waals surface area contributed by atoms with E-state index in [0.29, 0.717) is 29.5 Å². The van der Waals surface area contributed by atoms with Crippen LogP contribution in [0.1, 0.15) is 22.3 Å². The van der Waals surface area contributed by atoms with Gasteiger partial charge in [0, 0.05) is 17.6 Å². The largest absolute Gasteiger partial charge is 0.495 e. The molecule has 0 saturated carbocycles. The van der Waals surface area contributed by atoms with Crippen LogP contribution in [0.3, 0.4) is 0 Å². The number of fused-ring (bicyclic) bond motifs is 1. The Morgan fingerprint density at radius 1 is 0.970 bits per heavy atom. The molecule has 2 N–H and O–H groups in total. The number of rotatable bonds is 6. The first kappa shape index (κ1) is 22.6. The lowest BCUT2D eigenvalue weighted by molar-refractivity contribution is 0.408. The first-order valence-electron chi connectivity index (χ1n) is 10.8. The number of pyridine rings is 1. The van der Waals surface area contributed by atoms with Crippen LogP contribution in [0.15, 0.2) is 77.6 Å². The molecule has 0 unspecified atom stereocenters. The number of thiocarbonyl (C=S) groups is 1. The molecule has 0 bridgehead atoms. The Labute approximate surface area is 199 Å². The number of ether oxygens (including phenoxy) is 1. The van der Waals surface area contributed by atoms with Gasteiger partial charge in [0.15, 0.2) is 5.11 Å². The third-order valence-electron chi connectivity index (χ3n) is 5.75. The summed E-state index contributed by atoms with van der Waals surface area (Å²) in [5.41, 5.74) is 5.62. The van der Waals surface area contributed by atoms with Gasteiger partial charge in [-0.25, -0.2) is 0 Å². The molecular weight excluding hydrogens is 430 g/mol. The molecule has 0 atom stereocenters. The van der Waals surface area contributed by atoms with Gasteiger partial charge in [-0.1, -0.05) is 42.5 Å². The summed E-state index contributed by atoms with van der Waals surface area (Å²) in [6.45, 7) is 5.05. The molecule has 33 heavy (non-hydrogen) atoms. The van der Waals surface area contributed by atoms with Crippen LogP contribution in [0, 0.1) is 13.8 Å². The zero-order valence-electron chi connectivity index (χ0n) is 19.0. The Balaban J connectivity index is 1.67. The second kappa shape index (κ2) is 9.88. The molecular formula is C27H27N3O2S. The summed E-state index contributed by atoms with van der Waals surface area (Å²) in [4.78, 5) is 18.0. The maximum atomic E-state index is 12.9. The van der Waals surface area contributed by atoms with Crippen LogP contribution in [-0.2, 0) is 13.1 Å². The van der Waals surface area contributed by atoms with Crippen molar-refractivity contribution in [3.63, 3.8) is 0 Å². The Morgan fingerprint density at radius 3 is 2.42 bits per heavy atom. The third kappa shape index (κ3) is 5.23. The Morgan fingerprint density at radius 2 is 1.67 bits per heavy atom. The fourth-order valence-corrected chi connectivity index (χ4v) is 4.03. The molecule has 0 amide bonds. The number of aryl methyl sites for hydroxylation is 2. The van der Waals surface area contributed by atoms with Crippen LogP contribution in [0.4, 0.5) is 5.69 Å². The van der Waals surface area contributed by atoms with E-state index >= 15 is 0 Å². The number of hydrogen-bond donors (Lipinski definition) is 2. The highest BCUT2D eigenvalue weighted by Crippen LogP contribution is 2.24. The summed E-state index contributed by atoms with van der Waals surface area (Å²) in [7, 11) is 1.63. The normalized spacial score (nSPS) is 10.8. The highest BCUT2D eigenvalue weighted by Gasteiger charge is 2.16. The van der Waals surface area contributed by atoms with E-state index in [0.717, 1.165) is 27.7 Å². The Kier molecular flexibility index (Phi) is 6.75. The van der Waals surface area contributed by atoms with Crippen molar-refractivity contribution in [2.45, 2.75) is 26.9 Å². The molecule has 4 aromatic rings. The minimum atomic E-state index is -0.107. The molecule has 4 rings (SSSR count). The molecule has 168 valence electrons. The van der Waals surface area contributed by atoms with Gasteiger partial charge in [-0.15, -0.1) is 0 Å². The average Bonchev–Trinajstić information content (AvgIpc) is 2.81. The van der Waals surface area contributed by atoms with Crippen LogP contribution in [0.5, 0.6) is 5.75 Å². The van der Waals surface area contributed by atoms with Gasteiger partial charge in [-0.05, 0) is 78.5 Å². The summed E-state index contributed by atoms with van der Waals surface area (Å²) >= 11 is 5.79. The van der Waals surface area contributed by atoms with Crippen molar-refractivity contribution < 1.29 is 4.74 Å². The van der Waals surface area contributed by atoms with E-state index in [4.69, 9.17) is 17.0 Å². The third-order valence-corrected chi connectivity index (χ3v) is 6.11. The maximum absolute atomic E-state index is 12.9. The summed E-state index contributed by atoms with van der Waals surface area (Å²) in [5, 5.41) is 4.82. The monoisotopic (exact) mass is 457 g/mol. The predicted octanol–water partition coefficient (Wildman–Crippen LogP) is 5.55. The highest BCUT2D eigenvalue weighted by atomic mass is 32.1. The topological polar surface area (TPSA) is 57.4 Å². The van der Waals surface area contributed by atoms with Crippen molar-refractivity contribution in [1.29, 1.82) is 0 Å². The molecule has 0 aliphatic heterocycles. The summed E-state index contributed by atoms with van der Waals surface area (Å²) in [6, 6.07) is 23.8. The molecule has 0 saturated heterocycles. The van der Waals surface area contributed by atoms with E-state index in [9.17, 15) is 4.79 Å². The predicted molar refractivity (Wildman–Crippen MR) is 139 cm³/mol. The van der Waals surface area contributed by atoms with Crippen LogP contribution >= 0.6 is 12.2 Å². The number of H-pyrrole nitrogens is 1. The van der Waals surface area contributed by atoms with Crippen molar-refractivity contribution in [2.24, 2.45) is 0 Å². The number of hydrogen-bond acceptors (Lipinski definition) is 3. The second-order valence-corrected chi connectivity index (χ2v) is 8.51. The van der Waals surface area contributed by atoms with E-state index in [-0.39, 0.29) is 5.56 Å². The molecule has 0 aliphatic rings. The van der Waals surface area contributed by atoms with Crippen LogP contribution in [0.25, 0.3) is 10.9 Å². The number of nitrogens with zero attached hydrogens (tertiary/aromatic N) is 1. The molecule has 0 aliphatic carbocycles. The van der Waals surface area contributed by atoms with Gasteiger partial charge in [0.2, 0.25) is 0 Å². The van der Waals surface area contributed by atoms with Crippen molar-refractivity contribution in [3.05, 3.63) is 105 Å². The maximum Gasteiger partial charge on any atom is 0.253 e. The number of para-hydroxylation sites is 2. The SMILES string of the molecule is COc1ccccc1NC(=S)N(Cc1ccccc1)Cc1cc2cc(C)c(C)cc2[nH]c1=O. The van der Waals surface area contributed by atoms with Crippen LogP contribution in [-0.4, -0.2) is 22.1 Å². The number of aromatic amines is 1. The van der Waals surface area contributed by atoms with Crippen molar-refractivity contribution in [1.82, 2.24) is 9.88 Å². The van der Waals surface area contributed by atoms with E-state index in [2.05, 4.69) is 35.4 Å². The summed E-state index contributed by atoms with van der Waals surface area (Å²) < 4.78 is 5.45. The molecule has 1 aromatic heterocycles. The van der Waals surface area contributed by atoms with Crippen LogP contribution in [0.2, 0.25) is 0 Å². The highest BCUT2D eigenvalue weighted by molar-refractivity contribution is 7.80. The number of nitrogens with one attached hydrogen (secondary N) is 2. The van der Waals surface area contributed by atoms with E-state index in [1.54, 1.807) is 7.11 Å². The van der Waals surface area contributed by atoms with Gasteiger partial charge in [-0.2, -0.15) is 0 Å². The molecule has 3 aromatic carbocycles. The van der Waals surface area contributed by atoms with Crippen molar-refractivity contribution in [3.8, 4) is 5.75 Å². The Hall–Kier alpha value is -3.64. The first-order chi connectivity index (χ1) is 15.9. The van der Waals surface area contributed by atoms with E-state index < -0.39 is 0 Å². The van der Waals surface area contributed by atoms with Crippen molar-refractivity contribution >= 4 is 33.9 Å². The second-order valence-electron chi connectivity index (χ2n) is 8.12. The smallest absolute Gasteiger partial charge is 0.253 e. The minimum Gasteiger partial charge on any atom is -0.495 e. The number of anilines is 1. The fraction of sp³-hybridized carbons (Fsp3) is 0.185. The molecule has 5 nitrogen and oxygen atoms in total. The van der Waals surface area contributed by atoms with Gasteiger partial charge in [0.25, 0.3) is 5.56 Å². The van der Waals surface area contributed by atoms with Gasteiger partial charge >= 0.3 is 0 Å². The van der Waals surface area contributed by atoms with Gasteiger partial charge in [0.05, 0.1) is 19.3 Å². The fourth-order valence-electron chi connectivity index (χ4n) is 3.79. The molecule has 0 radical (unpaired) electrons. The molecule has 6 heteroatoms. The average molecular weight is 458 g/mol. The summed E-state index contributed by atoms with van der Waals surface area (Å²) in [6.07, 6.45) is 0. The first-order valence-corrected chi connectivity index (χ1v) is 11.2. The van der Waals surface area contributed by atoms with Gasteiger partial charge < -0.3 is 19.9 Å². The van der Waals surface area contributed by atoms with Crippen LogP contribution < -0.4 is 15.6 Å². The quantitative estimate of drug-likeness (QED) is 0.372. The number of aromatic nitrogens is 1. The standard InChI is InChI=1S/C27H27N3O2S/c1-18-13-21-15-22(26(31)28-24(21)14-19(18)2)17-30(16-20-9-5-4-6-10-20)27(33)29-23-11-7-8-12-25(23)32-3/h4-15H,16-17H2,1-3H3,(H,28,31)(H,29,33). The number of methoxy groups -OCH3 is 1. The lowest BCUT2D eigenvalue weighted by Crippen LogP contribution is -2.35. The lowest BCUT2D eigenvalue weighted by atomic mass is 10.0. The van der Waals surface area contributed by atoms with E-state index in [1.165, 1.54) is 5.56 Å². The minimum absolute atomic E-state index is 0.107. The van der Waals surface area contributed by atoms with E-state index in [1.807, 2.05) is 66.4 Å². The lowest BCUT2D eigenvalue weighted by Gasteiger charge is -2.26. The van der Waals surface area contributed by atoms with Gasteiger partial charge in [0.1, 0.15) is 5.75 Å². The molecule has 0 fully saturated rings. The van der Waals surface area contributed by atoms with Crippen molar-refractivity contribution in [2.75, 3.05) is 12.4 Å². The number of benzene rings is 3.